The Hall–Kier alpha value is -1.90. The average molecular weight is 465 g/mol. The van der Waals surface area contributed by atoms with E-state index in [-0.39, 0.29) is 22.9 Å². The first kappa shape index (κ1) is 21.9. The molecule has 0 N–H and O–H groups in total. The van der Waals surface area contributed by atoms with Gasteiger partial charge in [-0.1, -0.05) is 36.4 Å². The molecule has 0 unspecified atom stereocenters. The molecule has 0 spiro atoms. The summed E-state index contributed by atoms with van der Waals surface area (Å²) in [4.78, 5) is 2.14. The molecule has 32 heavy (non-hydrogen) atoms. The molecule has 3 atom stereocenters. The van der Waals surface area contributed by atoms with Gasteiger partial charge in [-0.25, -0.2) is 8.42 Å². The van der Waals surface area contributed by atoms with Crippen molar-refractivity contribution in [1.29, 1.82) is 0 Å². The summed E-state index contributed by atoms with van der Waals surface area (Å²) in [6, 6.07) is 14.2. The molecule has 1 aliphatic heterocycles. The largest absolute Gasteiger partial charge is 0.416 e. The van der Waals surface area contributed by atoms with E-state index in [0.29, 0.717) is 5.92 Å². The highest BCUT2D eigenvalue weighted by molar-refractivity contribution is 7.89. The van der Waals surface area contributed by atoms with Crippen molar-refractivity contribution in [1.82, 2.24) is 9.21 Å². The van der Waals surface area contributed by atoms with Gasteiger partial charge >= 0.3 is 6.18 Å². The van der Waals surface area contributed by atoms with Gasteiger partial charge in [0.25, 0.3) is 0 Å². The number of nitrogens with zero attached hydrogens (tertiary/aromatic N) is 2. The molecule has 4 nitrogen and oxygen atoms in total. The number of sulfonamides is 1. The molecule has 0 radical (unpaired) electrons. The third kappa shape index (κ3) is 4.20. The van der Waals surface area contributed by atoms with E-state index in [4.69, 9.17) is 0 Å². The minimum Gasteiger partial charge on any atom is -0.298 e. The van der Waals surface area contributed by atoms with Gasteiger partial charge < -0.3 is 0 Å². The molecule has 2 saturated carbocycles. The van der Waals surface area contributed by atoms with Gasteiger partial charge in [-0.2, -0.15) is 17.5 Å². The highest BCUT2D eigenvalue weighted by Gasteiger charge is 2.52. The summed E-state index contributed by atoms with van der Waals surface area (Å²) in [5.41, 5.74) is 0.313. The molecule has 0 bridgehead atoms. The van der Waals surface area contributed by atoms with Crippen molar-refractivity contribution in [3.63, 3.8) is 0 Å². The lowest BCUT2D eigenvalue weighted by atomic mass is 9.98. The molecule has 2 aliphatic carbocycles. The number of hydrogen-bond donors (Lipinski definition) is 0. The molecular weight excluding hydrogens is 437 g/mol. The maximum Gasteiger partial charge on any atom is 0.416 e. The summed E-state index contributed by atoms with van der Waals surface area (Å²) in [5, 5.41) is 0. The number of rotatable bonds is 6. The van der Waals surface area contributed by atoms with Crippen LogP contribution in [0.3, 0.4) is 0 Å². The minimum atomic E-state index is -4.57. The fourth-order valence-electron chi connectivity index (χ4n) is 5.54. The SMILES string of the molecule is O=S(=O)(c1cccc(C(F)(F)F)c1)N(C1CC1)[C@H]1CC[C@H]2CN(Cc3ccccc3)C[C@H]21. The molecule has 0 amide bonds. The van der Waals surface area contributed by atoms with Crippen molar-refractivity contribution in [2.45, 2.75) is 55.4 Å². The van der Waals surface area contributed by atoms with Crippen LogP contribution in [0.5, 0.6) is 0 Å². The molecule has 2 aromatic carbocycles. The average Bonchev–Trinajstić information content (AvgIpc) is 3.40. The van der Waals surface area contributed by atoms with Crippen LogP contribution in [0.25, 0.3) is 0 Å². The lowest BCUT2D eigenvalue weighted by Crippen LogP contribution is -2.45. The van der Waals surface area contributed by atoms with E-state index in [2.05, 4.69) is 17.0 Å². The van der Waals surface area contributed by atoms with Crippen LogP contribution in [0.1, 0.15) is 36.8 Å². The van der Waals surface area contributed by atoms with Crippen LogP contribution in [0, 0.1) is 11.8 Å². The first-order valence-corrected chi connectivity index (χ1v) is 12.6. The normalized spacial score (nSPS) is 26.6. The Balaban J connectivity index is 1.39. The molecular formula is C24H27F3N2O2S. The predicted octanol–water partition coefficient (Wildman–Crippen LogP) is 4.77. The molecule has 5 rings (SSSR count). The second-order valence-electron chi connectivity index (χ2n) is 9.34. The van der Waals surface area contributed by atoms with Crippen molar-refractivity contribution < 1.29 is 21.6 Å². The van der Waals surface area contributed by atoms with E-state index >= 15 is 0 Å². The number of halogens is 3. The number of benzene rings is 2. The Morgan fingerprint density at radius 3 is 2.38 bits per heavy atom. The van der Waals surface area contributed by atoms with Crippen molar-refractivity contribution in [3.05, 3.63) is 65.7 Å². The highest BCUT2D eigenvalue weighted by Crippen LogP contribution is 2.46. The van der Waals surface area contributed by atoms with E-state index in [9.17, 15) is 21.6 Å². The summed E-state index contributed by atoms with van der Waals surface area (Å²) in [7, 11) is -4.00. The standard InChI is InChI=1S/C24H27F3N2O2S/c25-24(26,27)19-7-4-8-21(13-19)32(30,31)29(20-10-11-20)23-12-9-18-15-28(16-22(18)23)14-17-5-2-1-3-6-17/h1-8,13,18,20,22-23H,9-12,14-16H2/t18-,22+,23-/m0/s1. The van der Waals surface area contributed by atoms with E-state index in [1.165, 1.54) is 17.7 Å². The number of likely N-dealkylation sites (tertiary alicyclic amines) is 1. The molecule has 1 heterocycles. The van der Waals surface area contributed by atoms with Crippen molar-refractivity contribution >= 4 is 10.0 Å². The van der Waals surface area contributed by atoms with E-state index in [0.717, 1.165) is 57.5 Å². The Labute approximate surface area is 187 Å². The molecule has 172 valence electrons. The molecule has 2 aromatic rings. The smallest absolute Gasteiger partial charge is 0.298 e. The molecule has 0 aromatic heterocycles. The summed E-state index contributed by atoms with van der Waals surface area (Å²) in [5.74, 6) is 0.654. The third-order valence-corrected chi connectivity index (χ3v) is 9.09. The quantitative estimate of drug-likeness (QED) is 0.619. The van der Waals surface area contributed by atoms with Crippen LogP contribution in [0.4, 0.5) is 13.2 Å². The summed E-state index contributed by atoms with van der Waals surface area (Å²) in [6.45, 7) is 2.61. The second-order valence-corrected chi connectivity index (χ2v) is 11.2. The molecule has 3 fully saturated rings. The fourth-order valence-corrected chi connectivity index (χ4v) is 7.54. The Bertz CT molecular complexity index is 1070. The number of hydrogen-bond acceptors (Lipinski definition) is 3. The van der Waals surface area contributed by atoms with Gasteiger partial charge in [0.1, 0.15) is 0 Å². The third-order valence-electron chi connectivity index (χ3n) is 7.11. The zero-order valence-corrected chi connectivity index (χ0v) is 18.5. The minimum absolute atomic E-state index is 0.0959. The zero-order valence-electron chi connectivity index (χ0n) is 17.7. The van der Waals surface area contributed by atoms with Crippen LogP contribution in [-0.2, 0) is 22.7 Å². The maximum atomic E-state index is 13.6. The lowest BCUT2D eigenvalue weighted by molar-refractivity contribution is -0.137. The molecule has 8 heteroatoms. The van der Waals surface area contributed by atoms with Gasteiger partial charge in [0.15, 0.2) is 0 Å². The van der Waals surface area contributed by atoms with Crippen LogP contribution in [-0.4, -0.2) is 42.8 Å². The van der Waals surface area contributed by atoms with Crippen LogP contribution < -0.4 is 0 Å². The van der Waals surface area contributed by atoms with Crippen molar-refractivity contribution in [2.75, 3.05) is 13.1 Å². The Morgan fingerprint density at radius 2 is 1.69 bits per heavy atom. The number of fused-ring (bicyclic) bond motifs is 1. The van der Waals surface area contributed by atoms with Crippen LogP contribution in [0.2, 0.25) is 0 Å². The zero-order chi connectivity index (χ0) is 22.5. The van der Waals surface area contributed by atoms with Gasteiger partial charge in [-0.05, 0) is 61.3 Å². The van der Waals surface area contributed by atoms with Crippen molar-refractivity contribution in [3.8, 4) is 0 Å². The van der Waals surface area contributed by atoms with Gasteiger partial charge in [0, 0.05) is 31.7 Å². The fraction of sp³-hybridized carbons (Fsp3) is 0.500. The Kier molecular flexibility index (Phi) is 5.58. The first-order chi connectivity index (χ1) is 15.2. The predicted molar refractivity (Wildman–Crippen MR) is 115 cm³/mol. The monoisotopic (exact) mass is 464 g/mol. The van der Waals surface area contributed by atoms with Gasteiger partial charge in [-0.3, -0.25) is 4.90 Å². The summed E-state index contributed by atoms with van der Waals surface area (Å²) < 4.78 is 68.4. The van der Waals surface area contributed by atoms with Crippen LogP contribution in [0.15, 0.2) is 59.5 Å². The van der Waals surface area contributed by atoms with Gasteiger partial charge in [0.2, 0.25) is 10.0 Å². The van der Waals surface area contributed by atoms with E-state index < -0.39 is 21.8 Å². The molecule has 1 saturated heterocycles. The topological polar surface area (TPSA) is 40.6 Å². The Morgan fingerprint density at radius 1 is 0.938 bits per heavy atom. The van der Waals surface area contributed by atoms with Crippen molar-refractivity contribution in [2.24, 2.45) is 11.8 Å². The maximum absolute atomic E-state index is 13.6. The van der Waals surface area contributed by atoms with E-state index in [1.54, 1.807) is 4.31 Å². The van der Waals surface area contributed by atoms with Gasteiger partial charge in [0.05, 0.1) is 10.5 Å². The van der Waals surface area contributed by atoms with Crippen LogP contribution >= 0.6 is 0 Å². The lowest BCUT2D eigenvalue weighted by Gasteiger charge is -2.32. The summed E-state index contributed by atoms with van der Waals surface area (Å²) >= 11 is 0. The summed E-state index contributed by atoms with van der Waals surface area (Å²) in [6.07, 6.45) is -1.28. The second kappa shape index (κ2) is 8.15. The highest BCUT2D eigenvalue weighted by atomic mass is 32.2. The van der Waals surface area contributed by atoms with E-state index in [1.807, 2.05) is 18.2 Å². The number of alkyl halides is 3. The van der Waals surface area contributed by atoms with Gasteiger partial charge in [-0.15, -0.1) is 0 Å². The molecule has 3 aliphatic rings. The first-order valence-electron chi connectivity index (χ1n) is 11.2.